The van der Waals surface area contributed by atoms with Crippen LogP contribution in [0, 0.1) is 11.6 Å². The van der Waals surface area contributed by atoms with Crippen LogP contribution in [-0.4, -0.2) is 46.3 Å². The second kappa shape index (κ2) is 8.65. The number of hydrogen-bond donors (Lipinski definition) is 0. The number of carbonyl (C=O) groups is 1. The van der Waals surface area contributed by atoms with Gasteiger partial charge in [-0.25, -0.2) is 13.8 Å². The zero-order valence-electron chi connectivity index (χ0n) is 15.7. The summed E-state index contributed by atoms with van der Waals surface area (Å²) in [5.41, 5.74) is 1.33. The summed E-state index contributed by atoms with van der Waals surface area (Å²) in [6, 6.07) is 12.1. The zero-order valence-corrected chi connectivity index (χ0v) is 16.5. The van der Waals surface area contributed by atoms with Crippen LogP contribution in [0.15, 0.2) is 48.5 Å². The molecule has 4 rings (SSSR count). The molecule has 1 fully saturated rings. The lowest BCUT2D eigenvalue weighted by molar-refractivity contribution is 0.0766. The van der Waals surface area contributed by atoms with E-state index in [4.69, 9.17) is 0 Å². The van der Waals surface area contributed by atoms with Crippen molar-refractivity contribution in [3.05, 3.63) is 77.1 Å². The lowest BCUT2D eigenvalue weighted by Crippen LogP contribution is -2.35. The van der Waals surface area contributed by atoms with Gasteiger partial charge in [0.2, 0.25) is 5.13 Å². The summed E-state index contributed by atoms with van der Waals surface area (Å²) >= 11 is 1.33. The number of amides is 1. The molecule has 0 spiro atoms. The molecule has 3 aromatic rings. The van der Waals surface area contributed by atoms with Crippen molar-refractivity contribution in [3.8, 4) is 0 Å². The van der Waals surface area contributed by atoms with Gasteiger partial charge in [-0.15, -0.1) is 0 Å². The fourth-order valence-corrected chi connectivity index (χ4v) is 4.08. The lowest BCUT2D eigenvalue weighted by Gasteiger charge is -2.21. The van der Waals surface area contributed by atoms with E-state index in [1.54, 1.807) is 29.2 Å². The second-order valence-corrected chi connectivity index (χ2v) is 7.67. The Labute approximate surface area is 171 Å². The van der Waals surface area contributed by atoms with Crippen LogP contribution in [0.2, 0.25) is 0 Å². The van der Waals surface area contributed by atoms with Crippen LogP contribution in [0.5, 0.6) is 0 Å². The van der Waals surface area contributed by atoms with E-state index in [-0.39, 0.29) is 11.7 Å². The van der Waals surface area contributed by atoms with E-state index in [1.165, 1.54) is 35.8 Å². The minimum atomic E-state index is -0.408. The van der Waals surface area contributed by atoms with Crippen LogP contribution < -0.4 is 4.90 Å². The van der Waals surface area contributed by atoms with E-state index < -0.39 is 5.82 Å². The number of anilines is 1. The Morgan fingerprint density at radius 2 is 1.83 bits per heavy atom. The Bertz CT molecular complexity index is 992. The highest BCUT2D eigenvalue weighted by Crippen LogP contribution is 2.21. The van der Waals surface area contributed by atoms with E-state index in [0.29, 0.717) is 37.4 Å². The van der Waals surface area contributed by atoms with Gasteiger partial charge < -0.3 is 9.80 Å². The van der Waals surface area contributed by atoms with Crippen molar-refractivity contribution in [2.24, 2.45) is 0 Å². The molecule has 2 heterocycles. The van der Waals surface area contributed by atoms with Crippen molar-refractivity contribution in [1.29, 1.82) is 0 Å². The van der Waals surface area contributed by atoms with Gasteiger partial charge in [0.05, 0.1) is 0 Å². The third-order valence-corrected chi connectivity index (χ3v) is 5.67. The number of nitrogens with zero attached hydrogens (tertiary/aromatic N) is 4. The van der Waals surface area contributed by atoms with Gasteiger partial charge in [0.1, 0.15) is 17.5 Å². The molecule has 1 amide bonds. The lowest BCUT2D eigenvalue weighted by atomic mass is 10.1. The normalized spacial score (nSPS) is 14.7. The number of benzene rings is 2. The quantitative estimate of drug-likeness (QED) is 0.652. The summed E-state index contributed by atoms with van der Waals surface area (Å²) in [5, 5.41) is 0.821. The predicted octanol–water partition coefficient (Wildman–Crippen LogP) is 3.76. The average molecular weight is 414 g/mol. The standard InChI is InChI=1S/C21H20F2N4OS/c22-17-7-5-15(6-8-17)13-19-24-21(29-25-19)27-10-2-9-26(11-12-27)20(28)16-3-1-4-18(23)14-16/h1,3-8,14H,2,9-13H2. The minimum absolute atomic E-state index is 0.152. The van der Waals surface area contributed by atoms with Crippen molar-refractivity contribution in [2.45, 2.75) is 12.8 Å². The molecular formula is C21H20F2N4OS. The molecule has 150 valence electrons. The number of aromatic nitrogens is 2. The Morgan fingerprint density at radius 3 is 2.62 bits per heavy atom. The Balaban J connectivity index is 1.39. The van der Waals surface area contributed by atoms with Gasteiger partial charge in [0, 0.05) is 49.7 Å². The first-order valence-corrected chi connectivity index (χ1v) is 10.2. The number of hydrogen-bond acceptors (Lipinski definition) is 5. The molecule has 0 aliphatic carbocycles. The third-order valence-electron chi connectivity index (χ3n) is 4.86. The van der Waals surface area contributed by atoms with Gasteiger partial charge >= 0.3 is 0 Å². The van der Waals surface area contributed by atoms with E-state index >= 15 is 0 Å². The summed E-state index contributed by atoms with van der Waals surface area (Å²) in [4.78, 5) is 21.2. The van der Waals surface area contributed by atoms with E-state index in [1.807, 2.05) is 0 Å². The Hall–Kier alpha value is -2.87. The van der Waals surface area contributed by atoms with Crippen LogP contribution in [-0.2, 0) is 6.42 Å². The first-order valence-electron chi connectivity index (χ1n) is 9.45. The van der Waals surface area contributed by atoms with E-state index in [9.17, 15) is 13.6 Å². The molecule has 29 heavy (non-hydrogen) atoms. The molecular weight excluding hydrogens is 394 g/mol. The molecule has 0 saturated carbocycles. The van der Waals surface area contributed by atoms with Gasteiger partial charge in [0.25, 0.3) is 5.91 Å². The molecule has 0 N–H and O–H groups in total. The van der Waals surface area contributed by atoms with Crippen molar-refractivity contribution >= 4 is 22.6 Å². The van der Waals surface area contributed by atoms with Gasteiger partial charge in [-0.1, -0.05) is 18.2 Å². The maximum absolute atomic E-state index is 13.4. The summed E-state index contributed by atoms with van der Waals surface area (Å²) in [6.07, 6.45) is 1.35. The largest absolute Gasteiger partial charge is 0.345 e. The first-order chi connectivity index (χ1) is 14.1. The molecule has 0 atom stereocenters. The maximum Gasteiger partial charge on any atom is 0.254 e. The van der Waals surface area contributed by atoms with Crippen molar-refractivity contribution < 1.29 is 13.6 Å². The van der Waals surface area contributed by atoms with Crippen molar-refractivity contribution in [3.63, 3.8) is 0 Å². The van der Waals surface area contributed by atoms with Gasteiger partial charge in [-0.2, -0.15) is 4.37 Å². The van der Waals surface area contributed by atoms with Crippen LogP contribution in [0.4, 0.5) is 13.9 Å². The molecule has 8 heteroatoms. The smallest absolute Gasteiger partial charge is 0.254 e. The summed E-state index contributed by atoms with van der Waals surface area (Å²) < 4.78 is 30.9. The topological polar surface area (TPSA) is 49.3 Å². The van der Waals surface area contributed by atoms with Gasteiger partial charge in [0.15, 0.2) is 0 Å². The van der Waals surface area contributed by atoms with E-state index in [0.717, 1.165) is 23.7 Å². The molecule has 0 bridgehead atoms. The number of halogens is 2. The highest BCUT2D eigenvalue weighted by Gasteiger charge is 2.22. The van der Waals surface area contributed by atoms with E-state index in [2.05, 4.69) is 14.3 Å². The number of carbonyl (C=O) groups excluding carboxylic acids is 1. The van der Waals surface area contributed by atoms with Gasteiger partial charge in [-0.3, -0.25) is 4.79 Å². The fraction of sp³-hybridized carbons (Fsp3) is 0.286. The third kappa shape index (κ3) is 4.76. The SMILES string of the molecule is O=C(c1cccc(F)c1)N1CCCN(c2nc(Cc3ccc(F)cc3)ns2)CC1. The van der Waals surface area contributed by atoms with Crippen LogP contribution in [0.25, 0.3) is 0 Å². The maximum atomic E-state index is 13.4. The molecule has 1 aliphatic rings. The summed E-state index contributed by atoms with van der Waals surface area (Å²) in [5.74, 6) is -0.119. The van der Waals surface area contributed by atoms with Gasteiger partial charge in [-0.05, 0) is 42.3 Å². The molecule has 2 aromatic carbocycles. The molecule has 0 unspecified atom stereocenters. The highest BCUT2D eigenvalue weighted by atomic mass is 32.1. The van der Waals surface area contributed by atoms with Crippen molar-refractivity contribution in [2.75, 3.05) is 31.1 Å². The predicted molar refractivity (Wildman–Crippen MR) is 108 cm³/mol. The average Bonchev–Trinajstić information content (AvgIpc) is 3.04. The monoisotopic (exact) mass is 414 g/mol. The van der Waals surface area contributed by atoms with Crippen LogP contribution in [0.3, 0.4) is 0 Å². The minimum Gasteiger partial charge on any atom is -0.345 e. The summed E-state index contributed by atoms with van der Waals surface area (Å²) in [6.45, 7) is 2.58. The Morgan fingerprint density at radius 1 is 1.00 bits per heavy atom. The summed E-state index contributed by atoms with van der Waals surface area (Å²) in [7, 11) is 0. The zero-order chi connectivity index (χ0) is 20.2. The molecule has 0 radical (unpaired) electrons. The molecule has 1 aliphatic heterocycles. The molecule has 1 saturated heterocycles. The highest BCUT2D eigenvalue weighted by molar-refractivity contribution is 7.09. The first kappa shape index (κ1) is 19.4. The van der Waals surface area contributed by atoms with Crippen LogP contribution >= 0.6 is 11.5 Å². The second-order valence-electron chi connectivity index (χ2n) is 6.94. The molecule has 1 aromatic heterocycles. The number of rotatable bonds is 4. The van der Waals surface area contributed by atoms with Crippen molar-refractivity contribution in [1.82, 2.24) is 14.3 Å². The Kier molecular flexibility index (Phi) is 5.80. The van der Waals surface area contributed by atoms with Crippen LogP contribution in [0.1, 0.15) is 28.2 Å². The fourth-order valence-electron chi connectivity index (χ4n) is 3.35. The molecule has 5 nitrogen and oxygen atoms in total.